The number of sulfonamides is 1. The van der Waals surface area contributed by atoms with Crippen LogP contribution in [0.3, 0.4) is 0 Å². The maximum atomic E-state index is 11.3. The normalized spacial score (nSPS) is 11.8. The summed E-state index contributed by atoms with van der Waals surface area (Å²) in [6.45, 7) is 1.82. The molecule has 0 radical (unpaired) electrons. The summed E-state index contributed by atoms with van der Waals surface area (Å²) in [4.78, 5) is 0.00588. The number of rotatable bonds is 5. The Balaban J connectivity index is 1.75. The van der Waals surface area contributed by atoms with Gasteiger partial charge >= 0.3 is 0 Å². The van der Waals surface area contributed by atoms with Crippen molar-refractivity contribution in [3.63, 3.8) is 0 Å². The maximum absolute atomic E-state index is 11.3. The fourth-order valence-corrected chi connectivity index (χ4v) is 3.84. The summed E-state index contributed by atoms with van der Waals surface area (Å²) in [5.41, 5.74) is 8.85. The van der Waals surface area contributed by atoms with Crippen LogP contribution in [-0.4, -0.2) is 22.4 Å². The smallest absolute Gasteiger partial charge is 0.238 e. The Morgan fingerprint density at radius 2 is 1.79 bits per heavy atom. The molecule has 0 aliphatic heterocycles. The van der Waals surface area contributed by atoms with E-state index in [1.54, 1.807) is 4.68 Å². The van der Waals surface area contributed by atoms with E-state index in [4.69, 9.17) is 23.1 Å². The zero-order valence-electron chi connectivity index (χ0n) is 14.7. The minimum atomic E-state index is -3.74. The van der Waals surface area contributed by atoms with E-state index >= 15 is 0 Å². The first-order valence-corrected chi connectivity index (χ1v) is 10.7. The molecule has 3 aromatic rings. The van der Waals surface area contributed by atoms with E-state index < -0.39 is 10.0 Å². The number of nitrogen functional groups attached to an aromatic ring is 1. The highest BCUT2D eigenvalue weighted by molar-refractivity contribution is 8.22. The third kappa shape index (κ3) is 4.44. The molecule has 0 saturated heterocycles. The Morgan fingerprint density at radius 1 is 1.14 bits per heavy atom. The average Bonchev–Trinajstić information content (AvgIpc) is 2.96. The molecule has 11 heteroatoms. The second-order valence-electron chi connectivity index (χ2n) is 5.69. The molecular formula is C17H16N6O2S3. The highest BCUT2D eigenvalue weighted by Crippen LogP contribution is 2.27. The number of nitrogens with zero attached hydrogens (tertiary/aromatic N) is 4. The third-order valence-electron chi connectivity index (χ3n) is 3.75. The van der Waals surface area contributed by atoms with Gasteiger partial charge in [-0.05, 0) is 43.3 Å². The standard InChI is InChI=1S/C17H16N6O2S3/c1-11-15(16(18)23(21-11)13-5-3-2-4-6-13)17(26)27-22-20-12-7-9-14(10-8-12)28(19,24)25/h2-10H,18H2,1H3,(H2,19,24,25). The van der Waals surface area contributed by atoms with E-state index in [9.17, 15) is 8.42 Å². The predicted molar refractivity (Wildman–Crippen MR) is 114 cm³/mol. The van der Waals surface area contributed by atoms with Crippen LogP contribution in [0.25, 0.3) is 5.69 Å². The molecule has 2 aromatic carbocycles. The number of aryl methyl sites for hydroxylation is 1. The van der Waals surface area contributed by atoms with Crippen molar-refractivity contribution >= 4 is 49.9 Å². The first-order valence-electron chi connectivity index (χ1n) is 7.93. The molecule has 0 spiro atoms. The van der Waals surface area contributed by atoms with Crippen molar-refractivity contribution in [3.8, 4) is 5.69 Å². The van der Waals surface area contributed by atoms with Crippen LogP contribution in [0, 0.1) is 6.92 Å². The van der Waals surface area contributed by atoms with Crippen molar-refractivity contribution in [1.82, 2.24) is 9.78 Å². The van der Waals surface area contributed by atoms with Crippen LogP contribution in [0.4, 0.5) is 11.5 Å². The number of thiocarbonyl (C=S) groups is 1. The topological polar surface area (TPSA) is 129 Å². The van der Waals surface area contributed by atoms with Crippen LogP contribution in [-0.2, 0) is 10.0 Å². The van der Waals surface area contributed by atoms with Crippen molar-refractivity contribution in [1.29, 1.82) is 0 Å². The second-order valence-corrected chi connectivity index (χ2v) is 8.67. The SMILES string of the molecule is Cc1nn(-c2ccccc2)c(N)c1C(=S)SN=Nc1ccc(S(N)(=O)=O)cc1. The molecule has 28 heavy (non-hydrogen) atoms. The molecular weight excluding hydrogens is 416 g/mol. The summed E-state index contributed by atoms with van der Waals surface area (Å²) in [6, 6.07) is 15.2. The summed E-state index contributed by atoms with van der Waals surface area (Å²) in [7, 11) is -3.74. The molecule has 4 N–H and O–H groups in total. The van der Waals surface area contributed by atoms with Crippen LogP contribution in [0.15, 0.2) is 69.1 Å². The molecule has 1 heterocycles. The van der Waals surface area contributed by atoms with Crippen molar-refractivity contribution in [2.45, 2.75) is 11.8 Å². The van der Waals surface area contributed by atoms with Crippen LogP contribution in [0.1, 0.15) is 11.3 Å². The van der Waals surface area contributed by atoms with Gasteiger partial charge in [0.1, 0.15) is 10.0 Å². The number of aromatic nitrogens is 2. The number of hydrogen-bond donors (Lipinski definition) is 2. The van der Waals surface area contributed by atoms with Gasteiger partial charge in [0, 0.05) is 11.9 Å². The van der Waals surface area contributed by atoms with E-state index in [1.807, 2.05) is 37.3 Å². The Kier molecular flexibility index (Phi) is 5.89. The predicted octanol–water partition coefficient (Wildman–Crippen LogP) is 3.52. The second kappa shape index (κ2) is 8.19. The molecule has 0 aliphatic rings. The lowest BCUT2D eigenvalue weighted by Crippen LogP contribution is -2.11. The number of para-hydroxylation sites is 1. The summed E-state index contributed by atoms with van der Waals surface area (Å²) in [6.07, 6.45) is 0. The Labute approximate surface area is 171 Å². The summed E-state index contributed by atoms with van der Waals surface area (Å²) < 4.78 is 28.6. The molecule has 0 fully saturated rings. The highest BCUT2D eigenvalue weighted by atomic mass is 32.2. The highest BCUT2D eigenvalue weighted by Gasteiger charge is 2.18. The van der Waals surface area contributed by atoms with Crippen LogP contribution < -0.4 is 10.9 Å². The molecule has 0 amide bonds. The first kappa shape index (κ1) is 20.1. The average molecular weight is 433 g/mol. The first-order chi connectivity index (χ1) is 13.3. The van der Waals surface area contributed by atoms with E-state index in [0.717, 1.165) is 17.6 Å². The van der Waals surface area contributed by atoms with Gasteiger partial charge < -0.3 is 5.73 Å². The minimum Gasteiger partial charge on any atom is -0.383 e. The largest absolute Gasteiger partial charge is 0.383 e. The van der Waals surface area contributed by atoms with Gasteiger partial charge in [0.25, 0.3) is 0 Å². The molecule has 8 nitrogen and oxygen atoms in total. The van der Waals surface area contributed by atoms with Gasteiger partial charge in [-0.3, -0.25) is 0 Å². The minimum absolute atomic E-state index is 0.00588. The van der Waals surface area contributed by atoms with Crippen molar-refractivity contribution < 1.29 is 8.42 Å². The van der Waals surface area contributed by atoms with Gasteiger partial charge in [0.05, 0.1) is 27.5 Å². The number of primary sulfonamides is 1. The maximum Gasteiger partial charge on any atom is 0.238 e. The molecule has 0 aliphatic carbocycles. The fraction of sp³-hybridized carbons (Fsp3) is 0.0588. The molecule has 3 rings (SSSR count). The third-order valence-corrected chi connectivity index (χ3v) is 5.64. The van der Waals surface area contributed by atoms with E-state index in [0.29, 0.717) is 27.0 Å². The van der Waals surface area contributed by atoms with Crippen molar-refractivity contribution in [3.05, 3.63) is 65.9 Å². The van der Waals surface area contributed by atoms with E-state index in [1.165, 1.54) is 24.3 Å². The number of nitrogens with two attached hydrogens (primary N) is 2. The van der Waals surface area contributed by atoms with E-state index in [-0.39, 0.29) is 4.90 Å². The zero-order chi connectivity index (χ0) is 20.3. The molecule has 0 atom stereocenters. The zero-order valence-corrected chi connectivity index (χ0v) is 17.1. The van der Waals surface area contributed by atoms with Gasteiger partial charge in [-0.15, -0.1) is 9.63 Å². The van der Waals surface area contributed by atoms with Gasteiger partial charge in [-0.25, -0.2) is 18.2 Å². The lowest BCUT2D eigenvalue weighted by Gasteiger charge is -2.04. The van der Waals surface area contributed by atoms with Gasteiger partial charge in [-0.1, -0.05) is 30.4 Å². The van der Waals surface area contributed by atoms with Crippen LogP contribution >= 0.6 is 24.2 Å². The number of hydrogen-bond acceptors (Lipinski definition) is 8. The monoisotopic (exact) mass is 432 g/mol. The number of benzene rings is 2. The Morgan fingerprint density at radius 3 is 2.39 bits per heavy atom. The Bertz CT molecular complexity index is 1140. The van der Waals surface area contributed by atoms with Gasteiger partial charge in [0.15, 0.2) is 0 Å². The fourth-order valence-electron chi connectivity index (χ4n) is 2.42. The quantitative estimate of drug-likeness (QED) is 0.360. The molecule has 1 aromatic heterocycles. The summed E-state index contributed by atoms with van der Waals surface area (Å²) >= 11 is 6.41. The van der Waals surface area contributed by atoms with Gasteiger partial charge in [-0.2, -0.15) is 5.10 Å². The van der Waals surface area contributed by atoms with Crippen LogP contribution in [0.2, 0.25) is 0 Å². The van der Waals surface area contributed by atoms with Crippen molar-refractivity contribution in [2.24, 2.45) is 14.8 Å². The molecule has 0 unspecified atom stereocenters. The van der Waals surface area contributed by atoms with Gasteiger partial charge in [0.2, 0.25) is 10.0 Å². The molecule has 144 valence electrons. The summed E-state index contributed by atoms with van der Waals surface area (Å²) in [5, 5.41) is 13.5. The molecule has 0 bridgehead atoms. The lowest BCUT2D eigenvalue weighted by molar-refractivity contribution is 0.598. The van der Waals surface area contributed by atoms with Crippen molar-refractivity contribution in [2.75, 3.05) is 5.73 Å². The Hall–Kier alpha value is -2.60. The molecule has 0 saturated carbocycles. The van der Waals surface area contributed by atoms with Crippen LogP contribution in [0.5, 0.6) is 0 Å². The summed E-state index contributed by atoms with van der Waals surface area (Å²) in [5.74, 6) is 0.425. The lowest BCUT2D eigenvalue weighted by atomic mass is 10.2. The number of anilines is 1. The van der Waals surface area contributed by atoms with E-state index in [2.05, 4.69) is 14.7 Å².